The predicted octanol–water partition coefficient (Wildman–Crippen LogP) is 4.15. The van der Waals surface area contributed by atoms with Crippen LogP contribution >= 0.6 is 0 Å². The molecule has 3 aromatic rings. The maximum atomic E-state index is 13.2. The van der Waals surface area contributed by atoms with Gasteiger partial charge >= 0.3 is 10.1 Å². The highest BCUT2D eigenvalue weighted by Gasteiger charge is 2.17. The van der Waals surface area contributed by atoms with Crippen molar-refractivity contribution in [3.05, 3.63) is 101 Å². The number of nitrogens with zero attached hydrogens (tertiary/aromatic N) is 1. The van der Waals surface area contributed by atoms with Gasteiger partial charge in [0.2, 0.25) is 0 Å². The van der Waals surface area contributed by atoms with Crippen molar-refractivity contribution in [2.24, 2.45) is 0 Å². The van der Waals surface area contributed by atoms with Crippen molar-refractivity contribution in [2.75, 3.05) is 6.26 Å². The zero-order valence-electron chi connectivity index (χ0n) is 16.1. The number of carbonyl (C=O) groups is 1. The zero-order valence-corrected chi connectivity index (χ0v) is 16.9. The lowest BCUT2D eigenvalue weighted by Crippen LogP contribution is -2.30. The van der Waals surface area contributed by atoms with E-state index in [1.165, 1.54) is 53.4 Å². The number of benzene rings is 3. The first-order valence-electron chi connectivity index (χ1n) is 8.97. The largest absolute Gasteiger partial charge is 0.383 e. The van der Waals surface area contributed by atoms with E-state index < -0.39 is 15.9 Å². The fraction of sp³-hybridized carbons (Fsp3) is 0.136. The fourth-order valence-corrected chi connectivity index (χ4v) is 3.29. The molecular formula is C22H19F2NO4S. The Balaban J connectivity index is 1.83. The highest BCUT2D eigenvalue weighted by molar-refractivity contribution is 7.86. The van der Waals surface area contributed by atoms with Gasteiger partial charge in [-0.1, -0.05) is 24.3 Å². The van der Waals surface area contributed by atoms with Crippen LogP contribution in [0.15, 0.2) is 72.8 Å². The van der Waals surface area contributed by atoms with Gasteiger partial charge in [-0.15, -0.1) is 0 Å². The van der Waals surface area contributed by atoms with Crippen LogP contribution in [0.1, 0.15) is 21.5 Å². The summed E-state index contributed by atoms with van der Waals surface area (Å²) in [5.41, 5.74) is 1.77. The molecule has 156 valence electrons. The number of rotatable bonds is 7. The highest BCUT2D eigenvalue weighted by atomic mass is 32.2. The van der Waals surface area contributed by atoms with Crippen LogP contribution in [0, 0.1) is 11.6 Å². The number of amides is 1. The molecule has 0 radical (unpaired) electrons. The molecule has 1 amide bonds. The third-order valence-corrected chi connectivity index (χ3v) is 4.70. The first-order chi connectivity index (χ1) is 14.2. The molecule has 3 rings (SSSR count). The summed E-state index contributed by atoms with van der Waals surface area (Å²) in [7, 11) is -3.64. The molecule has 0 saturated carbocycles. The summed E-state index contributed by atoms with van der Waals surface area (Å²) in [6.45, 7) is 0.408. The summed E-state index contributed by atoms with van der Waals surface area (Å²) >= 11 is 0. The van der Waals surface area contributed by atoms with Crippen molar-refractivity contribution in [1.82, 2.24) is 4.90 Å². The van der Waals surface area contributed by atoms with E-state index in [9.17, 15) is 22.0 Å². The zero-order chi connectivity index (χ0) is 21.7. The van der Waals surface area contributed by atoms with E-state index in [0.717, 1.165) is 17.4 Å². The van der Waals surface area contributed by atoms with Crippen molar-refractivity contribution in [3.8, 4) is 5.75 Å². The van der Waals surface area contributed by atoms with Crippen LogP contribution in [0.2, 0.25) is 0 Å². The van der Waals surface area contributed by atoms with Gasteiger partial charge < -0.3 is 9.08 Å². The van der Waals surface area contributed by atoms with Gasteiger partial charge in [-0.2, -0.15) is 8.42 Å². The molecule has 0 atom stereocenters. The Morgan fingerprint density at radius 2 is 1.23 bits per heavy atom. The van der Waals surface area contributed by atoms with Crippen LogP contribution in [0.4, 0.5) is 8.78 Å². The molecule has 30 heavy (non-hydrogen) atoms. The standard InChI is InChI=1S/C22H19F2NO4S/c1-30(27,28)29-21-12-4-17(5-13-21)15-25(14-16-2-8-19(23)9-3-16)22(26)18-6-10-20(24)11-7-18/h2-13H,14-15H2,1H3. The Hall–Kier alpha value is -3.26. The molecule has 0 bridgehead atoms. The topological polar surface area (TPSA) is 63.7 Å². The Morgan fingerprint density at radius 1 is 0.800 bits per heavy atom. The maximum absolute atomic E-state index is 13.2. The summed E-state index contributed by atoms with van der Waals surface area (Å²) < 4.78 is 53.7. The number of hydrogen-bond acceptors (Lipinski definition) is 4. The summed E-state index contributed by atoms with van der Waals surface area (Å²) in [5.74, 6) is -0.985. The molecule has 0 aliphatic rings. The number of carbonyl (C=O) groups excluding carboxylic acids is 1. The minimum atomic E-state index is -3.64. The van der Waals surface area contributed by atoms with E-state index in [1.54, 1.807) is 24.3 Å². The minimum absolute atomic E-state index is 0.163. The lowest BCUT2D eigenvalue weighted by Gasteiger charge is -2.23. The van der Waals surface area contributed by atoms with Gasteiger partial charge in [0.05, 0.1) is 6.26 Å². The first-order valence-corrected chi connectivity index (χ1v) is 10.8. The van der Waals surface area contributed by atoms with Crippen LogP contribution in [0.5, 0.6) is 5.75 Å². The van der Waals surface area contributed by atoms with Gasteiger partial charge in [0.25, 0.3) is 5.91 Å². The summed E-state index contributed by atoms with van der Waals surface area (Å²) in [6.07, 6.45) is 0.951. The van der Waals surface area contributed by atoms with Crippen LogP contribution < -0.4 is 4.18 Å². The van der Waals surface area contributed by atoms with E-state index in [-0.39, 0.29) is 30.6 Å². The lowest BCUT2D eigenvalue weighted by atomic mass is 10.1. The van der Waals surface area contributed by atoms with Crippen LogP contribution in [-0.2, 0) is 23.2 Å². The molecule has 0 spiro atoms. The van der Waals surface area contributed by atoms with Crippen molar-refractivity contribution < 1.29 is 26.2 Å². The van der Waals surface area contributed by atoms with Gasteiger partial charge in [0.15, 0.2) is 0 Å². The average molecular weight is 431 g/mol. The van der Waals surface area contributed by atoms with Crippen molar-refractivity contribution >= 4 is 16.0 Å². The average Bonchev–Trinajstić information content (AvgIpc) is 2.69. The molecule has 0 heterocycles. The third-order valence-electron chi connectivity index (χ3n) is 4.21. The van der Waals surface area contributed by atoms with Gasteiger partial charge in [0.1, 0.15) is 17.4 Å². The molecule has 0 aromatic heterocycles. The lowest BCUT2D eigenvalue weighted by molar-refractivity contribution is 0.0730. The maximum Gasteiger partial charge on any atom is 0.306 e. The fourth-order valence-electron chi connectivity index (χ4n) is 2.83. The second-order valence-electron chi connectivity index (χ2n) is 6.73. The van der Waals surface area contributed by atoms with Gasteiger partial charge in [-0.3, -0.25) is 4.79 Å². The van der Waals surface area contributed by atoms with Crippen LogP contribution in [0.25, 0.3) is 0 Å². The monoisotopic (exact) mass is 431 g/mol. The molecule has 5 nitrogen and oxygen atoms in total. The van der Waals surface area contributed by atoms with E-state index >= 15 is 0 Å². The van der Waals surface area contributed by atoms with Gasteiger partial charge in [-0.25, -0.2) is 8.78 Å². The van der Waals surface area contributed by atoms with Gasteiger partial charge in [0, 0.05) is 18.7 Å². The second-order valence-corrected chi connectivity index (χ2v) is 8.30. The van der Waals surface area contributed by atoms with Crippen molar-refractivity contribution in [1.29, 1.82) is 0 Å². The molecule has 3 aromatic carbocycles. The third kappa shape index (κ3) is 6.12. The molecule has 0 unspecified atom stereocenters. The van der Waals surface area contributed by atoms with E-state index in [1.807, 2.05) is 0 Å². The van der Waals surface area contributed by atoms with E-state index in [0.29, 0.717) is 5.56 Å². The number of hydrogen-bond donors (Lipinski definition) is 0. The Labute approximate surface area is 173 Å². The van der Waals surface area contributed by atoms with E-state index in [2.05, 4.69) is 0 Å². The second kappa shape index (κ2) is 9.04. The predicted molar refractivity (Wildman–Crippen MR) is 108 cm³/mol. The van der Waals surface area contributed by atoms with Crippen molar-refractivity contribution in [3.63, 3.8) is 0 Å². The molecular weight excluding hydrogens is 412 g/mol. The minimum Gasteiger partial charge on any atom is -0.383 e. The molecule has 0 aliphatic heterocycles. The smallest absolute Gasteiger partial charge is 0.306 e. The normalized spacial score (nSPS) is 11.2. The van der Waals surface area contributed by atoms with Crippen LogP contribution in [-0.4, -0.2) is 25.5 Å². The Kier molecular flexibility index (Phi) is 6.47. The molecule has 0 saturated heterocycles. The Bertz CT molecular complexity index is 1110. The summed E-state index contributed by atoms with van der Waals surface area (Å²) in [4.78, 5) is 14.5. The molecule has 0 fully saturated rings. The highest BCUT2D eigenvalue weighted by Crippen LogP contribution is 2.18. The molecule has 0 N–H and O–H groups in total. The summed E-state index contributed by atoms with van der Waals surface area (Å²) in [5, 5.41) is 0. The quantitative estimate of drug-likeness (QED) is 0.528. The first kappa shape index (κ1) is 21.4. The Morgan fingerprint density at radius 3 is 1.70 bits per heavy atom. The SMILES string of the molecule is CS(=O)(=O)Oc1ccc(CN(Cc2ccc(F)cc2)C(=O)c2ccc(F)cc2)cc1. The van der Waals surface area contributed by atoms with Crippen LogP contribution in [0.3, 0.4) is 0 Å². The van der Waals surface area contributed by atoms with E-state index in [4.69, 9.17) is 4.18 Å². The molecule has 0 aliphatic carbocycles. The number of halogens is 2. The summed E-state index contributed by atoms with van der Waals surface area (Å²) in [6, 6.07) is 17.3. The molecule has 8 heteroatoms. The van der Waals surface area contributed by atoms with Gasteiger partial charge in [-0.05, 0) is 59.7 Å². The van der Waals surface area contributed by atoms with Crippen molar-refractivity contribution in [2.45, 2.75) is 13.1 Å².